The quantitative estimate of drug-likeness (QED) is 0.877. The van der Waals surface area contributed by atoms with Gasteiger partial charge in [0.25, 0.3) is 0 Å². The van der Waals surface area contributed by atoms with Gasteiger partial charge in [-0.1, -0.05) is 20.3 Å². The number of nitrogens with zero attached hydrogens (tertiary/aromatic N) is 1. The molecule has 4 nitrogen and oxygen atoms in total. The van der Waals surface area contributed by atoms with Crippen molar-refractivity contribution in [3.8, 4) is 0 Å². The van der Waals surface area contributed by atoms with Crippen molar-refractivity contribution in [1.29, 1.82) is 0 Å². The Kier molecular flexibility index (Phi) is 4.46. The lowest BCUT2D eigenvalue weighted by Gasteiger charge is -2.15. The van der Waals surface area contributed by atoms with Crippen LogP contribution in [0.25, 0.3) is 0 Å². The summed E-state index contributed by atoms with van der Waals surface area (Å²) in [6.45, 7) is 4.15. The van der Waals surface area contributed by atoms with Gasteiger partial charge in [-0.15, -0.1) is 11.3 Å². The van der Waals surface area contributed by atoms with Crippen LogP contribution in [0.2, 0.25) is 0 Å². The molecule has 0 aliphatic carbocycles. The van der Waals surface area contributed by atoms with Crippen molar-refractivity contribution < 1.29 is 8.42 Å². The minimum Gasteiger partial charge on any atom is -0.322 e. The monoisotopic (exact) mass is 262 g/mol. The van der Waals surface area contributed by atoms with Gasteiger partial charge in [0, 0.05) is 11.6 Å². The van der Waals surface area contributed by atoms with Crippen LogP contribution in [0.3, 0.4) is 0 Å². The van der Waals surface area contributed by atoms with Crippen LogP contribution in [0, 0.1) is 5.92 Å². The van der Waals surface area contributed by atoms with E-state index >= 15 is 0 Å². The number of hydrogen-bond donors (Lipinski definition) is 1. The molecule has 0 amide bonds. The van der Waals surface area contributed by atoms with Crippen LogP contribution in [-0.4, -0.2) is 19.7 Å². The van der Waals surface area contributed by atoms with Gasteiger partial charge in [0.15, 0.2) is 9.84 Å². The normalized spacial score (nSPS) is 16.0. The van der Waals surface area contributed by atoms with Crippen molar-refractivity contribution in [2.45, 2.75) is 32.1 Å². The smallest absolute Gasteiger partial charge is 0.153 e. The number of rotatable bonds is 5. The first kappa shape index (κ1) is 13.6. The Morgan fingerprint density at radius 1 is 1.56 bits per heavy atom. The molecule has 0 radical (unpaired) electrons. The van der Waals surface area contributed by atoms with Crippen molar-refractivity contribution in [3.63, 3.8) is 0 Å². The van der Waals surface area contributed by atoms with E-state index in [4.69, 9.17) is 5.73 Å². The average Bonchev–Trinajstić information content (AvgIpc) is 2.61. The first-order chi connectivity index (χ1) is 7.33. The summed E-state index contributed by atoms with van der Waals surface area (Å²) >= 11 is 1.36. The molecule has 0 aliphatic rings. The molecule has 0 aliphatic heterocycles. The summed E-state index contributed by atoms with van der Waals surface area (Å²) in [5.74, 6) is 0.360. The minimum atomic E-state index is -3.01. The second kappa shape index (κ2) is 5.25. The van der Waals surface area contributed by atoms with Crippen LogP contribution < -0.4 is 5.73 Å². The fourth-order valence-electron chi connectivity index (χ4n) is 1.31. The topological polar surface area (TPSA) is 73.1 Å². The van der Waals surface area contributed by atoms with Gasteiger partial charge in [-0.3, -0.25) is 0 Å². The fraction of sp³-hybridized carbons (Fsp3) is 0.700. The molecular weight excluding hydrogens is 244 g/mol. The molecule has 0 fully saturated rings. The highest BCUT2D eigenvalue weighted by molar-refractivity contribution is 7.90. The van der Waals surface area contributed by atoms with E-state index in [-0.39, 0.29) is 11.8 Å². The summed E-state index contributed by atoms with van der Waals surface area (Å²) in [5.41, 5.74) is 6.82. The van der Waals surface area contributed by atoms with Crippen LogP contribution >= 0.6 is 11.3 Å². The highest BCUT2D eigenvalue weighted by atomic mass is 32.2. The number of sulfone groups is 1. The Labute approximate surface area is 101 Å². The lowest BCUT2D eigenvalue weighted by molar-refractivity contribution is 0.449. The van der Waals surface area contributed by atoms with Crippen molar-refractivity contribution >= 4 is 21.2 Å². The Balaban J connectivity index is 2.79. The summed E-state index contributed by atoms with van der Waals surface area (Å²) in [6.07, 6.45) is 2.20. The maximum absolute atomic E-state index is 11.1. The molecule has 1 heterocycles. The molecule has 2 N–H and O–H groups in total. The number of nitrogens with two attached hydrogens (primary N) is 1. The van der Waals surface area contributed by atoms with Crippen LogP contribution in [0.15, 0.2) is 5.38 Å². The summed E-state index contributed by atoms with van der Waals surface area (Å²) < 4.78 is 22.2. The first-order valence-electron chi connectivity index (χ1n) is 5.21. The predicted octanol–water partition coefficient (Wildman–Crippen LogP) is 1.73. The van der Waals surface area contributed by atoms with Gasteiger partial charge in [-0.2, -0.15) is 0 Å². The van der Waals surface area contributed by atoms with Gasteiger partial charge in [0.05, 0.1) is 11.7 Å². The number of thiazole rings is 1. The van der Waals surface area contributed by atoms with E-state index in [1.165, 1.54) is 17.6 Å². The van der Waals surface area contributed by atoms with Crippen molar-refractivity contribution in [2.75, 3.05) is 6.26 Å². The van der Waals surface area contributed by atoms with Crippen LogP contribution in [0.4, 0.5) is 0 Å². The molecule has 1 aromatic heterocycles. The van der Waals surface area contributed by atoms with Crippen LogP contribution in [0.1, 0.15) is 37.0 Å². The van der Waals surface area contributed by atoms with Crippen LogP contribution in [0.5, 0.6) is 0 Å². The Morgan fingerprint density at radius 2 is 2.19 bits per heavy atom. The minimum absolute atomic E-state index is 0.00485. The third-order valence-electron chi connectivity index (χ3n) is 2.55. The van der Waals surface area contributed by atoms with Gasteiger partial charge >= 0.3 is 0 Å². The SMILES string of the molecule is CCC(C)C(N)c1csc(CS(C)(=O)=O)n1. The molecule has 0 aromatic carbocycles. The molecule has 0 saturated heterocycles. The maximum atomic E-state index is 11.1. The molecule has 1 rings (SSSR count). The highest BCUT2D eigenvalue weighted by Gasteiger charge is 2.17. The highest BCUT2D eigenvalue weighted by Crippen LogP contribution is 2.23. The average molecular weight is 262 g/mol. The molecule has 0 bridgehead atoms. The van der Waals surface area contributed by atoms with Gasteiger partial charge in [-0.25, -0.2) is 13.4 Å². The summed E-state index contributed by atoms with van der Waals surface area (Å²) in [6, 6.07) is -0.102. The summed E-state index contributed by atoms with van der Waals surface area (Å²) in [5, 5.41) is 2.48. The standard InChI is InChI=1S/C10H18N2O2S2/c1-4-7(2)10(11)8-5-15-9(12-8)6-16(3,13)14/h5,7,10H,4,6,11H2,1-3H3. The van der Waals surface area contributed by atoms with Crippen LogP contribution in [-0.2, 0) is 15.6 Å². The predicted molar refractivity (Wildman–Crippen MR) is 67.0 cm³/mol. The van der Waals surface area contributed by atoms with E-state index in [2.05, 4.69) is 18.8 Å². The zero-order valence-corrected chi connectivity index (χ0v) is 11.4. The van der Waals surface area contributed by atoms with E-state index in [1.54, 1.807) is 0 Å². The second-order valence-electron chi connectivity index (χ2n) is 4.15. The van der Waals surface area contributed by atoms with E-state index < -0.39 is 9.84 Å². The zero-order valence-electron chi connectivity index (χ0n) is 9.80. The summed E-state index contributed by atoms with van der Waals surface area (Å²) in [7, 11) is -3.01. The molecule has 0 saturated carbocycles. The van der Waals surface area contributed by atoms with E-state index in [1.807, 2.05) is 5.38 Å². The molecular formula is C10H18N2O2S2. The summed E-state index contributed by atoms with van der Waals surface area (Å²) in [4.78, 5) is 4.28. The van der Waals surface area contributed by atoms with E-state index in [0.29, 0.717) is 10.9 Å². The molecule has 1 aromatic rings. The molecule has 2 unspecified atom stereocenters. The third-order valence-corrected chi connectivity index (χ3v) is 4.40. The van der Waals surface area contributed by atoms with E-state index in [0.717, 1.165) is 12.1 Å². The van der Waals surface area contributed by atoms with E-state index in [9.17, 15) is 8.42 Å². The Hall–Kier alpha value is -0.460. The van der Waals surface area contributed by atoms with Crippen molar-refractivity contribution in [3.05, 3.63) is 16.1 Å². The molecule has 16 heavy (non-hydrogen) atoms. The lowest BCUT2D eigenvalue weighted by Crippen LogP contribution is -2.19. The Bertz CT molecular complexity index is 439. The Morgan fingerprint density at radius 3 is 2.69 bits per heavy atom. The zero-order chi connectivity index (χ0) is 12.3. The molecule has 2 atom stereocenters. The fourth-order valence-corrected chi connectivity index (χ4v) is 3.37. The molecule has 6 heteroatoms. The maximum Gasteiger partial charge on any atom is 0.153 e. The molecule has 92 valence electrons. The number of hydrogen-bond acceptors (Lipinski definition) is 5. The lowest BCUT2D eigenvalue weighted by atomic mass is 9.98. The van der Waals surface area contributed by atoms with Gasteiger partial charge in [0.2, 0.25) is 0 Å². The second-order valence-corrected chi connectivity index (χ2v) is 7.23. The third kappa shape index (κ3) is 3.84. The van der Waals surface area contributed by atoms with Crippen molar-refractivity contribution in [1.82, 2.24) is 4.98 Å². The van der Waals surface area contributed by atoms with Gasteiger partial charge < -0.3 is 5.73 Å². The number of aromatic nitrogens is 1. The molecule has 0 spiro atoms. The van der Waals surface area contributed by atoms with Gasteiger partial charge in [0.1, 0.15) is 10.8 Å². The largest absolute Gasteiger partial charge is 0.322 e. The van der Waals surface area contributed by atoms with Crippen molar-refractivity contribution in [2.24, 2.45) is 11.7 Å². The first-order valence-corrected chi connectivity index (χ1v) is 8.15. The van der Waals surface area contributed by atoms with Gasteiger partial charge in [-0.05, 0) is 5.92 Å².